The molecule has 1 aliphatic rings. The van der Waals surface area contributed by atoms with Crippen LogP contribution in [-0.4, -0.2) is 40.7 Å². The molecule has 172 valence electrons. The number of anilines is 2. The van der Waals surface area contributed by atoms with E-state index in [1.54, 1.807) is 22.9 Å². The first-order chi connectivity index (χ1) is 15.0. The van der Waals surface area contributed by atoms with Crippen molar-refractivity contribution >= 4 is 69.7 Å². The summed E-state index contributed by atoms with van der Waals surface area (Å²) < 4.78 is 4.08. The molecule has 0 bridgehead atoms. The quantitative estimate of drug-likeness (QED) is 0.290. The third-order valence-corrected chi connectivity index (χ3v) is 5.28. The Kier molecular flexibility index (Phi) is 10.5. The van der Waals surface area contributed by atoms with Crippen molar-refractivity contribution < 1.29 is 38.6 Å². The Hall–Kier alpha value is -3.78. The highest BCUT2D eigenvalue weighted by molar-refractivity contribution is 7.13. The van der Waals surface area contributed by atoms with E-state index in [0.29, 0.717) is 16.3 Å². The van der Waals surface area contributed by atoms with Gasteiger partial charge in [0.2, 0.25) is 5.91 Å². The van der Waals surface area contributed by atoms with Crippen LogP contribution in [0.1, 0.15) is 45.0 Å². The number of esters is 2. The van der Waals surface area contributed by atoms with Gasteiger partial charge in [-0.05, 0) is 22.9 Å². The van der Waals surface area contributed by atoms with Gasteiger partial charge in [0.05, 0.1) is 30.6 Å². The van der Waals surface area contributed by atoms with Gasteiger partial charge in [-0.15, -0.1) is 22.7 Å². The van der Waals surface area contributed by atoms with Crippen LogP contribution in [0.15, 0.2) is 22.9 Å². The lowest BCUT2D eigenvalue weighted by Gasteiger charge is -2.03. The summed E-state index contributed by atoms with van der Waals surface area (Å²) in [7, 11) is 0. The molecule has 0 spiro atoms. The van der Waals surface area contributed by atoms with Crippen molar-refractivity contribution in [2.45, 2.75) is 25.7 Å². The Morgan fingerprint density at radius 2 is 1.47 bits per heavy atom. The number of thiophene rings is 2. The topological polar surface area (TPSA) is 222 Å². The summed E-state index contributed by atoms with van der Waals surface area (Å²) in [6, 6.07) is 3.20. The average molecular weight is 485 g/mol. The van der Waals surface area contributed by atoms with E-state index in [1.807, 2.05) is 0 Å². The third kappa shape index (κ3) is 9.36. The summed E-state index contributed by atoms with van der Waals surface area (Å²) in [6.45, 7) is 0. The molecule has 0 unspecified atom stereocenters. The van der Waals surface area contributed by atoms with Crippen molar-refractivity contribution in [3.8, 4) is 0 Å². The number of hydrogen-bond donors (Lipinski definition) is 5. The highest BCUT2D eigenvalue weighted by Crippen LogP contribution is 2.21. The zero-order valence-electron chi connectivity index (χ0n) is 16.5. The summed E-state index contributed by atoms with van der Waals surface area (Å²) in [5.41, 5.74) is 16.2. The van der Waals surface area contributed by atoms with Gasteiger partial charge in [0, 0.05) is 6.42 Å². The number of amides is 3. The number of rotatable bonds is 6. The van der Waals surface area contributed by atoms with Crippen LogP contribution >= 0.6 is 22.7 Å². The second kappa shape index (κ2) is 12.8. The number of hydrogen-bond acceptors (Lipinski definition) is 10. The number of primary amides is 2. The number of carboxylic acid groups (broad SMARTS) is 1. The van der Waals surface area contributed by atoms with Crippen LogP contribution in [0.4, 0.5) is 11.4 Å². The summed E-state index contributed by atoms with van der Waals surface area (Å²) in [5.74, 6) is -3.38. The van der Waals surface area contributed by atoms with Crippen LogP contribution in [0.25, 0.3) is 0 Å². The molecule has 3 heterocycles. The zero-order chi connectivity index (χ0) is 24.3. The summed E-state index contributed by atoms with van der Waals surface area (Å²) in [4.78, 5) is 63.6. The Labute approximate surface area is 189 Å². The minimum Gasteiger partial charge on any atom is -0.481 e. The Bertz CT molecular complexity index is 1000. The molecule has 3 rings (SSSR count). The fraction of sp³-hybridized carbons (Fsp3) is 0.222. The van der Waals surface area contributed by atoms with Crippen molar-refractivity contribution in [2.75, 3.05) is 11.1 Å². The Morgan fingerprint density at radius 3 is 1.84 bits per heavy atom. The number of nitrogens with two attached hydrogens (primary N) is 3. The van der Waals surface area contributed by atoms with Crippen molar-refractivity contribution in [3.05, 3.63) is 32.6 Å². The first-order valence-electron chi connectivity index (χ1n) is 8.76. The highest BCUT2D eigenvalue weighted by Gasteiger charge is 2.19. The molecule has 1 saturated heterocycles. The van der Waals surface area contributed by atoms with Gasteiger partial charge in [-0.1, -0.05) is 0 Å². The van der Waals surface area contributed by atoms with Crippen LogP contribution < -0.4 is 22.5 Å². The summed E-state index contributed by atoms with van der Waals surface area (Å²) >= 11 is 2.38. The number of carbonyl (C=O) groups excluding carboxylic acids is 5. The fourth-order valence-electron chi connectivity index (χ4n) is 1.98. The maximum atomic E-state index is 11.3. The van der Waals surface area contributed by atoms with Gasteiger partial charge in [-0.2, -0.15) is 0 Å². The first-order valence-corrected chi connectivity index (χ1v) is 10.5. The monoisotopic (exact) mass is 484 g/mol. The molecule has 0 aromatic carbocycles. The van der Waals surface area contributed by atoms with Crippen molar-refractivity contribution in [2.24, 2.45) is 11.5 Å². The van der Waals surface area contributed by atoms with Gasteiger partial charge >= 0.3 is 17.9 Å². The molecule has 14 heteroatoms. The highest BCUT2D eigenvalue weighted by atomic mass is 32.1. The van der Waals surface area contributed by atoms with Gasteiger partial charge in [-0.25, -0.2) is 0 Å². The molecular formula is C18H20N4O8S2. The maximum Gasteiger partial charge on any atom is 0.314 e. The predicted molar refractivity (Wildman–Crippen MR) is 116 cm³/mol. The lowest BCUT2D eigenvalue weighted by atomic mass is 10.3. The number of nitrogens with one attached hydrogen (secondary N) is 1. The van der Waals surface area contributed by atoms with Gasteiger partial charge in [0.25, 0.3) is 11.8 Å². The molecule has 0 saturated carbocycles. The van der Waals surface area contributed by atoms with Crippen molar-refractivity contribution in [3.63, 3.8) is 0 Å². The van der Waals surface area contributed by atoms with Crippen LogP contribution in [-0.2, 0) is 23.9 Å². The lowest BCUT2D eigenvalue weighted by Crippen LogP contribution is -2.16. The van der Waals surface area contributed by atoms with Crippen LogP contribution in [0.2, 0.25) is 0 Å². The van der Waals surface area contributed by atoms with Gasteiger partial charge in [0.1, 0.15) is 9.75 Å². The van der Waals surface area contributed by atoms with Crippen LogP contribution in [0, 0.1) is 0 Å². The van der Waals surface area contributed by atoms with E-state index in [-0.39, 0.29) is 30.6 Å². The number of ether oxygens (including phenoxy) is 1. The number of carboxylic acids is 1. The minimum absolute atomic E-state index is 0.136. The zero-order valence-corrected chi connectivity index (χ0v) is 18.1. The molecule has 1 aliphatic heterocycles. The van der Waals surface area contributed by atoms with E-state index in [2.05, 4.69) is 10.1 Å². The fourth-order valence-corrected chi connectivity index (χ4v) is 3.36. The molecule has 3 amide bonds. The summed E-state index contributed by atoms with van der Waals surface area (Å²) in [6.07, 6.45) is 0.142. The van der Waals surface area contributed by atoms with Gasteiger partial charge in [-0.3, -0.25) is 28.8 Å². The molecule has 0 atom stereocenters. The molecule has 8 N–H and O–H groups in total. The number of aliphatic carboxylic acids is 1. The molecule has 0 radical (unpaired) electrons. The molecule has 2 aromatic heterocycles. The SMILES string of the molecule is NC(=O)c1sccc1N.NC(=O)c1sccc1NC(=O)CCC(=O)O.O=C1CCC(=O)O1. The number of cyclic esters (lactones) is 2. The second-order valence-corrected chi connectivity index (χ2v) is 7.72. The molecule has 32 heavy (non-hydrogen) atoms. The van der Waals surface area contributed by atoms with Crippen molar-refractivity contribution in [1.29, 1.82) is 0 Å². The van der Waals surface area contributed by atoms with Gasteiger partial charge in [0.15, 0.2) is 0 Å². The summed E-state index contributed by atoms with van der Waals surface area (Å²) in [5, 5.41) is 14.2. The predicted octanol–water partition coefficient (Wildman–Crippen LogP) is 0.929. The molecule has 1 fully saturated rings. The molecular weight excluding hydrogens is 464 g/mol. The normalized spacial score (nSPS) is 11.9. The van der Waals surface area contributed by atoms with Gasteiger partial charge < -0.3 is 32.4 Å². The lowest BCUT2D eigenvalue weighted by molar-refractivity contribution is -0.152. The van der Waals surface area contributed by atoms with E-state index in [0.717, 1.165) is 11.3 Å². The second-order valence-electron chi connectivity index (χ2n) is 5.88. The maximum absolute atomic E-state index is 11.3. The smallest absolute Gasteiger partial charge is 0.314 e. The standard InChI is InChI=1S/C9H10N2O4S.C5H6N2OS.C4H4O3/c10-9(15)8-5(3-4-16-8)11-6(12)1-2-7(13)14;6-3-1-2-9-4(3)5(7)8;5-3-1-2-4(6)7-3/h3-4H,1-2H2,(H2,10,15)(H,11,12)(H,13,14);1-2H,6H2,(H2,7,8);1-2H2. The van der Waals surface area contributed by atoms with Crippen LogP contribution in [0.5, 0.6) is 0 Å². The Balaban J connectivity index is 0.000000267. The molecule has 0 aliphatic carbocycles. The minimum atomic E-state index is -1.05. The van der Waals surface area contributed by atoms with E-state index in [9.17, 15) is 28.8 Å². The van der Waals surface area contributed by atoms with E-state index in [4.69, 9.17) is 22.3 Å². The third-order valence-electron chi connectivity index (χ3n) is 3.41. The number of carbonyl (C=O) groups is 6. The number of nitrogen functional groups attached to an aromatic ring is 1. The van der Waals surface area contributed by atoms with Crippen LogP contribution in [0.3, 0.4) is 0 Å². The van der Waals surface area contributed by atoms with Crippen molar-refractivity contribution in [1.82, 2.24) is 0 Å². The average Bonchev–Trinajstić information content (AvgIpc) is 3.43. The van der Waals surface area contributed by atoms with E-state index < -0.39 is 35.6 Å². The van der Waals surface area contributed by atoms with E-state index in [1.165, 1.54) is 11.3 Å². The first kappa shape index (κ1) is 26.3. The van der Waals surface area contributed by atoms with E-state index >= 15 is 0 Å². The molecule has 12 nitrogen and oxygen atoms in total. The molecule has 2 aromatic rings. The largest absolute Gasteiger partial charge is 0.481 e. The Morgan fingerprint density at radius 1 is 0.938 bits per heavy atom.